The summed E-state index contributed by atoms with van der Waals surface area (Å²) in [6.45, 7) is 3.43. The number of ketones is 1. The second-order valence-electron chi connectivity index (χ2n) is 6.35. The van der Waals surface area contributed by atoms with Gasteiger partial charge in [-0.2, -0.15) is 13.2 Å². The highest BCUT2D eigenvalue weighted by Gasteiger charge is 2.30. The molecular formula is C21H18F3NO2S2. The monoisotopic (exact) mass is 437 g/mol. The second kappa shape index (κ2) is 9.00. The fraction of sp³-hybridized carbons (Fsp3) is 0.238. The van der Waals surface area contributed by atoms with Gasteiger partial charge in [0.05, 0.1) is 11.3 Å². The zero-order valence-electron chi connectivity index (χ0n) is 15.7. The molecule has 0 N–H and O–H groups in total. The van der Waals surface area contributed by atoms with E-state index in [0.717, 1.165) is 27.6 Å². The molecule has 0 unspecified atom stereocenters. The molecule has 2 aromatic carbocycles. The van der Waals surface area contributed by atoms with Crippen molar-refractivity contribution in [2.75, 3.05) is 6.61 Å². The molecule has 0 fully saturated rings. The highest BCUT2D eigenvalue weighted by Crippen LogP contribution is 2.35. The molecule has 3 rings (SSSR count). The Morgan fingerprint density at radius 2 is 1.76 bits per heavy atom. The van der Waals surface area contributed by atoms with Gasteiger partial charge in [0.15, 0.2) is 5.78 Å². The molecule has 1 aromatic heterocycles. The van der Waals surface area contributed by atoms with Crippen LogP contribution in [0.25, 0.3) is 10.6 Å². The summed E-state index contributed by atoms with van der Waals surface area (Å²) in [7, 11) is 0. The lowest BCUT2D eigenvalue weighted by atomic mass is 10.1. The van der Waals surface area contributed by atoms with Gasteiger partial charge in [0.2, 0.25) is 0 Å². The van der Waals surface area contributed by atoms with Gasteiger partial charge in [-0.1, -0.05) is 12.1 Å². The normalized spacial score (nSPS) is 11.5. The summed E-state index contributed by atoms with van der Waals surface area (Å²) in [5, 5.41) is 0.708. The number of alkyl halides is 3. The van der Waals surface area contributed by atoms with Crippen LogP contribution in [0, 0.1) is 6.92 Å². The summed E-state index contributed by atoms with van der Waals surface area (Å²) in [5.41, 5.74) is 0.883. The summed E-state index contributed by atoms with van der Waals surface area (Å²) in [6, 6.07) is 12.6. The van der Waals surface area contributed by atoms with Crippen molar-refractivity contribution in [2.45, 2.75) is 30.7 Å². The molecule has 0 amide bonds. The van der Waals surface area contributed by atoms with Crippen molar-refractivity contribution in [3.63, 3.8) is 0 Å². The molecule has 0 aliphatic rings. The van der Waals surface area contributed by atoms with Gasteiger partial charge in [0.1, 0.15) is 17.4 Å². The Morgan fingerprint density at radius 1 is 1.10 bits per heavy atom. The first-order chi connectivity index (χ1) is 13.7. The Hall–Kier alpha value is -2.32. The quantitative estimate of drug-likeness (QED) is 0.401. The number of hydrogen-bond acceptors (Lipinski definition) is 5. The van der Waals surface area contributed by atoms with Crippen LogP contribution in [0.15, 0.2) is 53.4 Å². The number of thiazole rings is 1. The molecular weight excluding hydrogens is 419 g/mol. The number of Topliss-reactive ketones (excluding diaryl/α,β-unsaturated/α-hetero) is 1. The number of rotatable bonds is 7. The van der Waals surface area contributed by atoms with Crippen LogP contribution in [0.5, 0.6) is 5.75 Å². The first-order valence-corrected chi connectivity index (χ1v) is 10.5. The van der Waals surface area contributed by atoms with Gasteiger partial charge in [-0.05, 0) is 50.2 Å². The van der Waals surface area contributed by atoms with E-state index in [1.807, 2.05) is 31.2 Å². The molecule has 3 aromatic rings. The summed E-state index contributed by atoms with van der Waals surface area (Å²) in [6.07, 6.45) is -4.34. The molecule has 0 saturated heterocycles. The summed E-state index contributed by atoms with van der Waals surface area (Å²) >= 11 is 3.12. The van der Waals surface area contributed by atoms with Crippen molar-refractivity contribution >= 4 is 28.9 Å². The van der Waals surface area contributed by atoms with E-state index in [9.17, 15) is 18.0 Å². The average Bonchev–Trinajstić information content (AvgIpc) is 3.05. The van der Waals surface area contributed by atoms with Gasteiger partial charge in [-0.15, -0.1) is 23.1 Å². The minimum atomic E-state index is -4.34. The number of aryl methyl sites for hydroxylation is 1. The second-order valence-corrected chi connectivity index (χ2v) is 8.49. The number of carbonyl (C=O) groups is 1. The third-order valence-electron chi connectivity index (χ3n) is 3.99. The Morgan fingerprint density at radius 3 is 2.34 bits per heavy atom. The molecule has 152 valence electrons. The molecule has 0 bridgehead atoms. The van der Waals surface area contributed by atoms with Crippen LogP contribution in [-0.4, -0.2) is 17.4 Å². The molecule has 0 atom stereocenters. The Kier molecular flexibility index (Phi) is 6.64. The summed E-state index contributed by atoms with van der Waals surface area (Å²) in [5.74, 6) is 1.31. The standard InChI is InChI=1S/C21H18F3NO2S2/c1-13(26)11-27-17-7-9-18(10-8-17)28-12-19-14(2)25-20(29-19)15-3-5-16(6-4-15)21(22,23)24/h3-10H,11-12H2,1-2H3. The van der Waals surface area contributed by atoms with E-state index in [1.165, 1.54) is 30.4 Å². The SMILES string of the molecule is CC(=O)COc1ccc(SCc2sc(-c3ccc(C(F)(F)F)cc3)nc2C)cc1. The van der Waals surface area contributed by atoms with Crippen LogP contribution in [0.2, 0.25) is 0 Å². The maximum Gasteiger partial charge on any atom is 0.416 e. The first kappa shape index (κ1) is 21.4. The summed E-state index contributed by atoms with van der Waals surface area (Å²) in [4.78, 5) is 17.6. The van der Waals surface area contributed by atoms with Gasteiger partial charge in [-0.3, -0.25) is 4.79 Å². The van der Waals surface area contributed by atoms with Gasteiger partial charge in [-0.25, -0.2) is 4.98 Å². The maximum atomic E-state index is 12.7. The van der Waals surface area contributed by atoms with E-state index < -0.39 is 11.7 Å². The lowest BCUT2D eigenvalue weighted by molar-refractivity contribution is -0.137. The molecule has 0 spiro atoms. The fourth-order valence-electron chi connectivity index (χ4n) is 2.45. The molecule has 8 heteroatoms. The molecule has 0 radical (unpaired) electrons. The predicted octanol–water partition coefficient (Wildman–Crippen LogP) is 6.40. The van der Waals surface area contributed by atoms with Crippen molar-refractivity contribution in [1.29, 1.82) is 0 Å². The van der Waals surface area contributed by atoms with Gasteiger partial charge in [0, 0.05) is 21.1 Å². The van der Waals surface area contributed by atoms with Crippen LogP contribution < -0.4 is 4.74 Å². The van der Waals surface area contributed by atoms with Crippen LogP contribution in [0.1, 0.15) is 23.1 Å². The Labute approximate surface area is 174 Å². The third-order valence-corrected chi connectivity index (χ3v) is 6.42. The number of ether oxygens (including phenoxy) is 1. The maximum absolute atomic E-state index is 12.7. The molecule has 29 heavy (non-hydrogen) atoms. The van der Waals surface area contributed by atoms with E-state index >= 15 is 0 Å². The van der Waals surface area contributed by atoms with Crippen LogP contribution >= 0.6 is 23.1 Å². The molecule has 0 aliphatic heterocycles. The minimum absolute atomic E-state index is 0.0343. The Bertz CT molecular complexity index is 981. The number of aromatic nitrogens is 1. The van der Waals surface area contributed by atoms with E-state index in [4.69, 9.17) is 4.74 Å². The number of hydrogen-bond donors (Lipinski definition) is 0. The lowest BCUT2D eigenvalue weighted by Crippen LogP contribution is -2.06. The topological polar surface area (TPSA) is 39.2 Å². The van der Waals surface area contributed by atoms with Gasteiger partial charge in [0.25, 0.3) is 0 Å². The van der Waals surface area contributed by atoms with Crippen molar-refractivity contribution in [3.8, 4) is 16.3 Å². The van der Waals surface area contributed by atoms with E-state index in [1.54, 1.807) is 11.8 Å². The van der Waals surface area contributed by atoms with Crippen LogP contribution in [0.4, 0.5) is 13.2 Å². The van der Waals surface area contributed by atoms with Gasteiger partial charge >= 0.3 is 6.18 Å². The number of carbonyl (C=O) groups excluding carboxylic acids is 1. The fourth-order valence-corrected chi connectivity index (χ4v) is 4.56. The zero-order chi connectivity index (χ0) is 21.0. The number of halogens is 3. The highest BCUT2D eigenvalue weighted by atomic mass is 32.2. The predicted molar refractivity (Wildman–Crippen MR) is 109 cm³/mol. The summed E-state index contributed by atoms with van der Waals surface area (Å²) < 4.78 is 43.5. The van der Waals surface area contributed by atoms with Crippen molar-refractivity contribution < 1.29 is 22.7 Å². The minimum Gasteiger partial charge on any atom is -0.486 e. The van der Waals surface area contributed by atoms with Crippen LogP contribution in [-0.2, 0) is 16.7 Å². The molecule has 3 nitrogen and oxygen atoms in total. The largest absolute Gasteiger partial charge is 0.486 e. The van der Waals surface area contributed by atoms with E-state index in [-0.39, 0.29) is 12.4 Å². The number of thioether (sulfide) groups is 1. The third kappa shape index (κ3) is 5.83. The average molecular weight is 438 g/mol. The smallest absolute Gasteiger partial charge is 0.416 e. The zero-order valence-corrected chi connectivity index (χ0v) is 17.4. The highest BCUT2D eigenvalue weighted by molar-refractivity contribution is 7.98. The van der Waals surface area contributed by atoms with Crippen LogP contribution in [0.3, 0.4) is 0 Å². The van der Waals surface area contributed by atoms with E-state index in [0.29, 0.717) is 22.1 Å². The first-order valence-electron chi connectivity index (χ1n) is 8.71. The Balaban J connectivity index is 1.64. The van der Waals surface area contributed by atoms with Gasteiger partial charge < -0.3 is 4.74 Å². The molecule has 1 heterocycles. The lowest BCUT2D eigenvalue weighted by Gasteiger charge is -2.06. The van der Waals surface area contributed by atoms with E-state index in [2.05, 4.69) is 4.98 Å². The van der Waals surface area contributed by atoms with Crippen molar-refractivity contribution in [2.24, 2.45) is 0 Å². The number of benzene rings is 2. The molecule has 0 aliphatic carbocycles. The van der Waals surface area contributed by atoms with Crippen molar-refractivity contribution in [1.82, 2.24) is 4.98 Å². The van der Waals surface area contributed by atoms with Crippen molar-refractivity contribution in [3.05, 3.63) is 64.7 Å². The molecule has 0 saturated carbocycles. The number of nitrogens with zero attached hydrogens (tertiary/aromatic N) is 1.